The van der Waals surface area contributed by atoms with Gasteiger partial charge < -0.3 is 20.1 Å². The van der Waals surface area contributed by atoms with Crippen molar-refractivity contribution in [3.63, 3.8) is 0 Å². The summed E-state index contributed by atoms with van der Waals surface area (Å²) in [6.07, 6.45) is 1.56. The van der Waals surface area contributed by atoms with E-state index in [-0.39, 0.29) is 5.91 Å². The van der Waals surface area contributed by atoms with E-state index in [0.29, 0.717) is 33.6 Å². The summed E-state index contributed by atoms with van der Waals surface area (Å²) in [5.41, 5.74) is 1.74. The predicted octanol–water partition coefficient (Wildman–Crippen LogP) is 4.75. The first kappa shape index (κ1) is 18.5. The first-order valence-corrected chi connectivity index (χ1v) is 8.49. The van der Waals surface area contributed by atoms with Gasteiger partial charge in [0, 0.05) is 28.5 Å². The number of nitrogens with zero attached hydrogens (tertiary/aromatic N) is 1. The second-order valence-electron chi connectivity index (χ2n) is 5.59. The molecule has 0 aliphatic rings. The van der Waals surface area contributed by atoms with Gasteiger partial charge in [-0.15, -0.1) is 0 Å². The van der Waals surface area contributed by atoms with E-state index in [2.05, 4.69) is 15.6 Å². The van der Waals surface area contributed by atoms with Gasteiger partial charge >= 0.3 is 0 Å². The zero-order valence-corrected chi connectivity index (χ0v) is 15.6. The molecule has 3 aromatic rings. The molecule has 0 saturated heterocycles. The van der Waals surface area contributed by atoms with Crippen molar-refractivity contribution in [1.29, 1.82) is 0 Å². The van der Waals surface area contributed by atoms with Gasteiger partial charge in [-0.1, -0.05) is 17.7 Å². The first-order chi connectivity index (χ1) is 13.1. The number of benzene rings is 2. The molecule has 0 bridgehead atoms. The van der Waals surface area contributed by atoms with Crippen LogP contribution in [0.3, 0.4) is 0 Å². The van der Waals surface area contributed by atoms with E-state index < -0.39 is 0 Å². The van der Waals surface area contributed by atoms with Crippen LogP contribution in [0.1, 0.15) is 10.4 Å². The SMILES string of the molecule is COc1ccc(OC)c(NC(=O)c2ccnc(Nc3cccc(Cl)c3)c2)c1. The zero-order chi connectivity index (χ0) is 19.2. The van der Waals surface area contributed by atoms with Crippen molar-refractivity contribution >= 4 is 34.7 Å². The molecule has 1 heterocycles. The Morgan fingerprint density at radius 2 is 1.89 bits per heavy atom. The average molecular weight is 384 g/mol. The third-order valence-electron chi connectivity index (χ3n) is 3.77. The van der Waals surface area contributed by atoms with Crippen molar-refractivity contribution in [3.8, 4) is 11.5 Å². The molecule has 0 atom stereocenters. The maximum Gasteiger partial charge on any atom is 0.255 e. The van der Waals surface area contributed by atoms with Crippen molar-refractivity contribution in [2.75, 3.05) is 24.9 Å². The van der Waals surface area contributed by atoms with Crippen LogP contribution in [0.5, 0.6) is 11.5 Å². The molecule has 138 valence electrons. The quantitative estimate of drug-likeness (QED) is 0.642. The van der Waals surface area contributed by atoms with Crippen molar-refractivity contribution in [2.45, 2.75) is 0 Å². The molecule has 0 aliphatic carbocycles. The van der Waals surface area contributed by atoms with Gasteiger partial charge in [0.15, 0.2) is 0 Å². The van der Waals surface area contributed by atoms with E-state index in [4.69, 9.17) is 21.1 Å². The van der Waals surface area contributed by atoms with Crippen LogP contribution in [-0.4, -0.2) is 25.1 Å². The molecule has 0 fully saturated rings. The Bertz CT molecular complexity index is 963. The highest BCUT2D eigenvalue weighted by atomic mass is 35.5. The van der Waals surface area contributed by atoms with E-state index in [9.17, 15) is 4.79 Å². The molecule has 0 aliphatic heterocycles. The Hall–Kier alpha value is -3.25. The highest BCUT2D eigenvalue weighted by Crippen LogP contribution is 2.29. The molecule has 7 heteroatoms. The molecule has 27 heavy (non-hydrogen) atoms. The number of halogens is 1. The number of amides is 1. The lowest BCUT2D eigenvalue weighted by Crippen LogP contribution is -2.13. The summed E-state index contributed by atoms with van der Waals surface area (Å²) in [7, 11) is 3.10. The Morgan fingerprint density at radius 3 is 2.63 bits per heavy atom. The van der Waals surface area contributed by atoms with Gasteiger partial charge in [0.25, 0.3) is 5.91 Å². The fourth-order valence-electron chi connectivity index (χ4n) is 2.46. The molecule has 0 unspecified atom stereocenters. The Labute approximate surface area is 162 Å². The van der Waals surface area contributed by atoms with Crippen LogP contribution >= 0.6 is 11.6 Å². The maximum atomic E-state index is 12.7. The average Bonchev–Trinajstić information content (AvgIpc) is 2.68. The fraction of sp³-hybridized carbons (Fsp3) is 0.100. The minimum Gasteiger partial charge on any atom is -0.497 e. The number of methoxy groups -OCH3 is 2. The van der Waals surface area contributed by atoms with Crippen LogP contribution in [0.4, 0.5) is 17.2 Å². The number of hydrogen-bond acceptors (Lipinski definition) is 5. The topological polar surface area (TPSA) is 72.5 Å². The molecule has 0 radical (unpaired) electrons. The molecule has 3 rings (SSSR count). The van der Waals surface area contributed by atoms with Crippen LogP contribution in [0, 0.1) is 0 Å². The standard InChI is InChI=1S/C20H18ClN3O3/c1-26-16-6-7-18(27-2)17(12-16)24-20(25)13-8-9-22-19(10-13)23-15-5-3-4-14(21)11-15/h3-12H,1-2H3,(H,22,23)(H,24,25). The lowest BCUT2D eigenvalue weighted by molar-refractivity contribution is 0.102. The number of hydrogen-bond donors (Lipinski definition) is 2. The number of carbonyl (C=O) groups is 1. The van der Waals surface area contributed by atoms with Gasteiger partial charge in [-0.05, 0) is 42.5 Å². The Balaban J connectivity index is 1.80. The summed E-state index contributed by atoms with van der Waals surface area (Å²) in [5.74, 6) is 1.39. The molecule has 2 N–H and O–H groups in total. The first-order valence-electron chi connectivity index (χ1n) is 8.11. The van der Waals surface area contributed by atoms with E-state index >= 15 is 0 Å². The molecule has 1 amide bonds. The molecule has 6 nitrogen and oxygen atoms in total. The van der Waals surface area contributed by atoms with Gasteiger partial charge in [-0.2, -0.15) is 0 Å². The summed E-state index contributed by atoms with van der Waals surface area (Å²) in [5, 5.41) is 6.57. The van der Waals surface area contributed by atoms with Crippen molar-refractivity contribution in [2.24, 2.45) is 0 Å². The number of pyridine rings is 1. The van der Waals surface area contributed by atoms with Gasteiger partial charge in [-0.25, -0.2) is 4.98 Å². The highest BCUT2D eigenvalue weighted by Gasteiger charge is 2.12. The molecular weight excluding hydrogens is 366 g/mol. The number of carbonyl (C=O) groups excluding carboxylic acids is 1. The van der Waals surface area contributed by atoms with E-state index in [1.54, 1.807) is 55.8 Å². The lowest BCUT2D eigenvalue weighted by atomic mass is 10.2. The largest absolute Gasteiger partial charge is 0.497 e. The molecule has 2 aromatic carbocycles. The summed E-state index contributed by atoms with van der Waals surface area (Å²) >= 11 is 5.99. The van der Waals surface area contributed by atoms with Crippen LogP contribution in [0.15, 0.2) is 60.8 Å². The third-order valence-corrected chi connectivity index (χ3v) is 4.01. The van der Waals surface area contributed by atoms with Crippen molar-refractivity contribution < 1.29 is 14.3 Å². The summed E-state index contributed by atoms with van der Waals surface area (Å²) < 4.78 is 10.5. The molecule has 1 aromatic heterocycles. The van der Waals surface area contributed by atoms with Crippen molar-refractivity contribution in [1.82, 2.24) is 4.98 Å². The van der Waals surface area contributed by atoms with E-state index in [1.807, 2.05) is 12.1 Å². The second kappa shape index (κ2) is 8.42. The number of ether oxygens (including phenoxy) is 2. The van der Waals surface area contributed by atoms with Crippen LogP contribution in [0.25, 0.3) is 0 Å². The molecule has 0 spiro atoms. The number of nitrogens with one attached hydrogen (secondary N) is 2. The number of rotatable bonds is 6. The molecular formula is C20H18ClN3O3. The lowest BCUT2D eigenvalue weighted by Gasteiger charge is -2.12. The zero-order valence-electron chi connectivity index (χ0n) is 14.8. The summed E-state index contributed by atoms with van der Waals surface area (Å²) in [4.78, 5) is 16.9. The van der Waals surface area contributed by atoms with Gasteiger partial charge in [0.1, 0.15) is 17.3 Å². The normalized spacial score (nSPS) is 10.2. The van der Waals surface area contributed by atoms with Gasteiger partial charge in [-0.3, -0.25) is 4.79 Å². The molecule has 0 saturated carbocycles. The Kier molecular flexibility index (Phi) is 5.78. The minimum atomic E-state index is -0.293. The summed E-state index contributed by atoms with van der Waals surface area (Å²) in [6.45, 7) is 0. The Morgan fingerprint density at radius 1 is 1.04 bits per heavy atom. The van der Waals surface area contributed by atoms with Crippen LogP contribution in [-0.2, 0) is 0 Å². The van der Waals surface area contributed by atoms with Gasteiger partial charge in [0.05, 0.1) is 19.9 Å². The van der Waals surface area contributed by atoms with Crippen LogP contribution < -0.4 is 20.1 Å². The summed E-state index contributed by atoms with van der Waals surface area (Å²) in [6, 6.07) is 15.7. The minimum absolute atomic E-state index is 0.293. The monoisotopic (exact) mass is 383 g/mol. The van der Waals surface area contributed by atoms with Crippen molar-refractivity contribution in [3.05, 3.63) is 71.4 Å². The smallest absolute Gasteiger partial charge is 0.255 e. The predicted molar refractivity (Wildman–Crippen MR) is 106 cm³/mol. The van der Waals surface area contributed by atoms with Crippen LogP contribution in [0.2, 0.25) is 5.02 Å². The van der Waals surface area contributed by atoms with Gasteiger partial charge in [0.2, 0.25) is 0 Å². The number of anilines is 3. The second-order valence-corrected chi connectivity index (χ2v) is 6.02. The fourth-order valence-corrected chi connectivity index (χ4v) is 2.65. The highest BCUT2D eigenvalue weighted by molar-refractivity contribution is 6.30. The van der Waals surface area contributed by atoms with E-state index in [0.717, 1.165) is 5.69 Å². The third kappa shape index (κ3) is 4.68. The van der Waals surface area contributed by atoms with E-state index in [1.165, 1.54) is 7.11 Å². The maximum absolute atomic E-state index is 12.7. The number of aromatic nitrogens is 1.